The van der Waals surface area contributed by atoms with Gasteiger partial charge in [0.2, 0.25) is 10.0 Å². The maximum absolute atomic E-state index is 12.0. The van der Waals surface area contributed by atoms with Crippen LogP contribution in [0.2, 0.25) is 0 Å². The lowest BCUT2D eigenvalue weighted by atomic mass is 9.71. The smallest absolute Gasteiger partial charge is 0.211 e. The largest absolute Gasteiger partial charge is 0.384 e. The molecule has 0 aromatic carbocycles. The van der Waals surface area contributed by atoms with Crippen molar-refractivity contribution >= 4 is 21.4 Å². The molecule has 2 fully saturated rings. The Hall–Kier alpha value is -0.540. The number of thiazole rings is 1. The van der Waals surface area contributed by atoms with Crippen LogP contribution >= 0.6 is 11.3 Å². The van der Waals surface area contributed by atoms with E-state index in [1.54, 1.807) is 22.8 Å². The first-order chi connectivity index (χ1) is 11.3. The van der Waals surface area contributed by atoms with Crippen molar-refractivity contribution in [2.75, 3.05) is 46.2 Å². The van der Waals surface area contributed by atoms with Gasteiger partial charge in [-0.05, 0) is 38.3 Å². The Kier molecular flexibility index (Phi) is 5.32. The number of methoxy groups -OCH3 is 1. The second-order valence-corrected chi connectivity index (χ2v) is 10.2. The number of likely N-dealkylation sites (tertiary alicyclic amines) is 1. The molecule has 2 saturated heterocycles. The Morgan fingerprint density at radius 2 is 2.12 bits per heavy atom. The van der Waals surface area contributed by atoms with E-state index >= 15 is 0 Å². The predicted molar refractivity (Wildman–Crippen MR) is 95.6 cm³/mol. The van der Waals surface area contributed by atoms with Crippen LogP contribution in [0.1, 0.15) is 23.5 Å². The van der Waals surface area contributed by atoms with Crippen LogP contribution in [0.4, 0.5) is 0 Å². The Morgan fingerprint density at radius 1 is 1.42 bits per heavy atom. The number of nitrogens with zero attached hydrogens (tertiary/aromatic N) is 3. The molecule has 0 radical (unpaired) electrons. The number of aromatic nitrogens is 1. The molecule has 3 heterocycles. The summed E-state index contributed by atoms with van der Waals surface area (Å²) in [5.41, 5.74) is 1.15. The number of hydrogen-bond donors (Lipinski definition) is 0. The lowest BCUT2D eigenvalue weighted by Gasteiger charge is -2.42. The van der Waals surface area contributed by atoms with Gasteiger partial charge in [-0.15, -0.1) is 11.3 Å². The summed E-state index contributed by atoms with van der Waals surface area (Å²) in [4.78, 5) is 6.99. The molecular weight excluding hydrogens is 346 g/mol. The van der Waals surface area contributed by atoms with Gasteiger partial charge < -0.3 is 4.74 Å². The van der Waals surface area contributed by atoms with Crippen molar-refractivity contribution in [3.05, 3.63) is 16.1 Å². The molecule has 2 aliphatic rings. The summed E-state index contributed by atoms with van der Waals surface area (Å²) >= 11 is 1.72. The zero-order valence-corrected chi connectivity index (χ0v) is 16.3. The van der Waals surface area contributed by atoms with Gasteiger partial charge in [0.15, 0.2) is 0 Å². The Balaban J connectivity index is 1.65. The Bertz CT molecular complexity index is 666. The van der Waals surface area contributed by atoms with Crippen LogP contribution in [0.15, 0.2) is 5.38 Å². The fourth-order valence-electron chi connectivity index (χ4n) is 4.06. The number of ether oxygens (including phenoxy) is 1. The van der Waals surface area contributed by atoms with Crippen LogP contribution in [0.5, 0.6) is 0 Å². The highest BCUT2D eigenvalue weighted by Crippen LogP contribution is 2.45. The normalized spacial score (nSPS) is 25.5. The van der Waals surface area contributed by atoms with Crippen molar-refractivity contribution in [1.29, 1.82) is 0 Å². The van der Waals surface area contributed by atoms with Gasteiger partial charge in [-0.3, -0.25) is 4.90 Å². The van der Waals surface area contributed by atoms with Crippen molar-refractivity contribution in [3.8, 4) is 0 Å². The van der Waals surface area contributed by atoms with Gasteiger partial charge in [-0.25, -0.2) is 17.7 Å². The van der Waals surface area contributed by atoms with E-state index in [4.69, 9.17) is 4.74 Å². The molecule has 0 bridgehead atoms. The summed E-state index contributed by atoms with van der Waals surface area (Å²) in [5.74, 6) is 0.293. The molecule has 3 rings (SSSR count). The minimum atomic E-state index is -3.13. The maximum Gasteiger partial charge on any atom is 0.211 e. The molecule has 0 N–H and O–H groups in total. The quantitative estimate of drug-likeness (QED) is 0.784. The summed E-state index contributed by atoms with van der Waals surface area (Å²) in [7, 11) is -1.43. The van der Waals surface area contributed by atoms with Gasteiger partial charge in [0.25, 0.3) is 0 Å². The summed E-state index contributed by atoms with van der Waals surface area (Å²) in [6.07, 6.45) is 3.37. The molecule has 0 amide bonds. The molecule has 136 valence electrons. The molecule has 1 aromatic heterocycles. The standard InChI is InChI=1S/C16H27N3O3S2/c1-13-11-23-15(17-13)9-18-6-4-16(5-7-18)12-19(24(3,20)21)8-14(16)10-22-2/h11,14H,4-10,12H2,1-3H3/t14-/m0/s1. The lowest BCUT2D eigenvalue weighted by Crippen LogP contribution is -2.45. The van der Waals surface area contributed by atoms with Crippen molar-refractivity contribution in [3.63, 3.8) is 0 Å². The minimum Gasteiger partial charge on any atom is -0.384 e. The van der Waals surface area contributed by atoms with Crippen molar-refractivity contribution < 1.29 is 13.2 Å². The van der Waals surface area contributed by atoms with Crippen molar-refractivity contribution in [2.24, 2.45) is 11.3 Å². The lowest BCUT2D eigenvalue weighted by molar-refractivity contribution is 0.0357. The van der Waals surface area contributed by atoms with Crippen molar-refractivity contribution in [2.45, 2.75) is 26.3 Å². The Morgan fingerprint density at radius 3 is 2.67 bits per heavy atom. The van der Waals surface area contributed by atoms with Gasteiger partial charge in [0, 0.05) is 37.2 Å². The second kappa shape index (κ2) is 6.99. The monoisotopic (exact) mass is 373 g/mol. The summed E-state index contributed by atoms with van der Waals surface area (Å²) in [5, 5.41) is 3.26. The van der Waals surface area contributed by atoms with Crippen LogP contribution in [-0.4, -0.2) is 68.8 Å². The van der Waals surface area contributed by atoms with E-state index in [0.717, 1.165) is 38.2 Å². The molecule has 1 aromatic rings. The molecule has 2 aliphatic heterocycles. The fraction of sp³-hybridized carbons (Fsp3) is 0.812. The van der Waals surface area contributed by atoms with Gasteiger partial charge in [0.1, 0.15) is 5.01 Å². The highest BCUT2D eigenvalue weighted by atomic mass is 32.2. The first-order valence-corrected chi connectivity index (χ1v) is 11.1. The third-order valence-corrected chi connectivity index (χ3v) is 7.66. The van der Waals surface area contributed by atoms with E-state index in [0.29, 0.717) is 25.6 Å². The van der Waals surface area contributed by atoms with Gasteiger partial charge in [-0.1, -0.05) is 0 Å². The fourth-order valence-corrected chi connectivity index (χ4v) is 5.81. The first kappa shape index (κ1) is 18.3. The third-order valence-electron chi connectivity index (χ3n) is 5.50. The summed E-state index contributed by atoms with van der Waals surface area (Å²) in [6, 6.07) is 0. The zero-order chi connectivity index (χ0) is 17.4. The summed E-state index contributed by atoms with van der Waals surface area (Å²) < 4.78 is 31.0. The molecule has 24 heavy (non-hydrogen) atoms. The van der Waals surface area contributed by atoms with E-state index in [1.807, 2.05) is 6.92 Å². The first-order valence-electron chi connectivity index (χ1n) is 8.40. The predicted octanol–water partition coefficient (Wildman–Crippen LogP) is 1.57. The molecule has 6 nitrogen and oxygen atoms in total. The van der Waals surface area contributed by atoms with Crippen LogP contribution < -0.4 is 0 Å². The molecule has 8 heteroatoms. The van der Waals surface area contributed by atoms with Crippen LogP contribution in [0, 0.1) is 18.3 Å². The number of piperidine rings is 1. The highest BCUT2D eigenvalue weighted by Gasteiger charge is 2.50. The number of rotatable bonds is 5. The maximum atomic E-state index is 12.0. The van der Waals surface area contributed by atoms with E-state index in [9.17, 15) is 8.42 Å². The topological polar surface area (TPSA) is 62.7 Å². The number of hydrogen-bond acceptors (Lipinski definition) is 6. The Labute approximate surface area is 148 Å². The van der Waals surface area contributed by atoms with E-state index in [2.05, 4.69) is 15.3 Å². The average molecular weight is 374 g/mol. The summed E-state index contributed by atoms with van der Waals surface area (Å²) in [6.45, 7) is 6.80. The number of aryl methyl sites for hydroxylation is 1. The van der Waals surface area contributed by atoms with Crippen molar-refractivity contribution in [1.82, 2.24) is 14.2 Å². The van der Waals surface area contributed by atoms with E-state index in [-0.39, 0.29) is 5.41 Å². The van der Waals surface area contributed by atoms with Crippen LogP contribution in [-0.2, 0) is 21.3 Å². The van der Waals surface area contributed by atoms with Gasteiger partial charge in [-0.2, -0.15) is 0 Å². The van der Waals surface area contributed by atoms with Gasteiger partial charge in [0.05, 0.1) is 19.4 Å². The zero-order valence-electron chi connectivity index (χ0n) is 14.7. The molecule has 0 aliphatic carbocycles. The van der Waals surface area contributed by atoms with Gasteiger partial charge >= 0.3 is 0 Å². The molecule has 0 unspecified atom stereocenters. The van der Waals surface area contributed by atoms with E-state index < -0.39 is 10.0 Å². The minimum absolute atomic E-state index is 0.0639. The third kappa shape index (κ3) is 3.83. The number of sulfonamides is 1. The molecule has 1 atom stereocenters. The molecule has 1 spiro atoms. The highest BCUT2D eigenvalue weighted by molar-refractivity contribution is 7.88. The molecule has 0 saturated carbocycles. The van der Waals surface area contributed by atoms with Crippen LogP contribution in [0.25, 0.3) is 0 Å². The van der Waals surface area contributed by atoms with Crippen LogP contribution in [0.3, 0.4) is 0 Å². The second-order valence-electron chi connectivity index (χ2n) is 7.23. The molecular formula is C16H27N3O3S2. The SMILES string of the molecule is COC[C@@H]1CN(S(C)(=O)=O)CC12CCN(Cc1nc(C)cs1)CC2. The van der Waals surface area contributed by atoms with E-state index in [1.165, 1.54) is 11.3 Å². The average Bonchev–Trinajstić information content (AvgIpc) is 3.07.